The van der Waals surface area contributed by atoms with Gasteiger partial charge in [-0.2, -0.15) is 0 Å². The van der Waals surface area contributed by atoms with Crippen molar-refractivity contribution in [1.29, 1.82) is 0 Å². The lowest BCUT2D eigenvalue weighted by molar-refractivity contribution is 0.0701. The first-order valence-electron chi connectivity index (χ1n) is 9.62. The zero-order valence-electron chi connectivity index (χ0n) is 17.1. The number of phenols is 1. The number of hydrogen-bond donors (Lipinski definition) is 3. The molecule has 168 valence electrons. The molecule has 1 unspecified atom stereocenters. The van der Waals surface area contributed by atoms with Crippen molar-refractivity contribution >= 4 is 28.5 Å². The number of rotatable bonds is 14. The molecule has 31 heavy (non-hydrogen) atoms. The Bertz CT molecular complexity index is 864. The standard InChI is InChI=1S/C22H27IN2O6/c1-2-10-30-20-5-3-4-6-21(20)31-14-16(26)13-25(15-23)9-11-29-17-7-8-19(27)18(12-17)22(24)28/h2-8,12,16,26-27H,1,9-11,13-15H2,(H2,24,28). The molecule has 0 fully saturated rings. The minimum absolute atomic E-state index is 0.00756. The molecule has 4 N–H and O–H groups in total. The Morgan fingerprint density at radius 1 is 1.19 bits per heavy atom. The van der Waals surface area contributed by atoms with E-state index in [1.54, 1.807) is 24.3 Å². The van der Waals surface area contributed by atoms with Crippen LogP contribution in [0.25, 0.3) is 0 Å². The van der Waals surface area contributed by atoms with Crippen LogP contribution in [0.2, 0.25) is 0 Å². The summed E-state index contributed by atoms with van der Waals surface area (Å²) in [5, 5.41) is 20.0. The second-order valence-electron chi connectivity index (χ2n) is 6.60. The number of para-hydroxylation sites is 2. The van der Waals surface area contributed by atoms with Crippen molar-refractivity contribution in [2.75, 3.05) is 37.5 Å². The Labute approximate surface area is 195 Å². The van der Waals surface area contributed by atoms with E-state index in [9.17, 15) is 15.0 Å². The molecule has 9 heteroatoms. The van der Waals surface area contributed by atoms with Crippen LogP contribution in [0.15, 0.2) is 55.1 Å². The Morgan fingerprint density at radius 2 is 1.90 bits per heavy atom. The maximum atomic E-state index is 11.3. The van der Waals surface area contributed by atoms with Gasteiger partial charge in [0, 0.05) is 13.1 Å². The van der Waals surface area contributed by atoms with E-state index in [4.69, 9.17) is 19.9 Å². The van der Waals surface area contributed by atoms with Gasteiger partial charge in [0.25, 0.3) is 5.91 Å². The third-order valence-electron chi connectivity index (χ3n) is 4.18. The van der Waals surface area contributed by atoms with Crippen LogP contribution in [-0.2, 0) is 0 Å². The summed E-state index contributed by atoms with van der Waals surface area (Å²) in [6, 6.07) is 11.6. The average Bonchev–Trinajstić information content (AvgIpc) is 2.77. The van der Waals surface area contributed by atoms with Gasteiger partial charge in [0.2, 0.25) is 0 Å². The third kappa shape index (κ3) is 8.27. The highest BCUT2D eigenvalue weighted by Crippen LogP contribution is 2.26. The summed E-state index contributed by atoms with van der Waals surface area (Å²) in [7, 11) is 0. The number of carbonyl (C=O) groups excluding carboxylic acids is 1. The molecule has 1 atom stereocenters. The fraction of sp³-hybridized carbons (Fsp3) is 0.318. The Balaban J connectivity index is 1.80. The molecule has 2 rings (SSSR count). The molecule has 0 saturated heterocycles. The molecular weight excluding hydrogens is 515 g/mol. The van der Waals surface area contributed by atoms with E-state index in [0.29, 0.717) is 48.1 Å². The van der Waals surface area contributed by atoms with E-state index < -0.39 is 12.0 Å². The highest BCUT2D eigenvalue weighted by Gasteiger charge is 2.14. The summed E-state index contributed by atoms with van der Waals surface area (Å²) >= 11 is 2.21. The van der Waals surface area contributed by atoms with Crippen LogP contribution in [0, 0.1) is 0 Å². The van der Waals surface area contributed by atoms with Crippen LogP contribution >= 0.6 is 22.6 Å². The molecular formula is C22H27IN2O6. The van der Waals surface area contributed by atoms with Gasteiger partial charge in [-0.15, -0.1) is 0 Å². The van der Waals surface area contributed by atoms with Crippen molar-refractivity contribution in [2.45, 2.75) is 6.10 Å². The van der Waals surface area contributed by atoms with Gasteiger partial charge in [0.05, 0.1) is 10.1 Å². The number of aliphatic hydroxyl groups is 1. The Hall–Kier alpha value is -2.50. The minimum Gasteiger partial charge on any atom is -0.507 e. The van der Waals surface area contributed by atoms with Crippen molar-refractivity contribution in [3.8, 4) is 23.0 Å². The number of aliphatic hydroxyl groups excluding tert-OH is 1. The van der Waals surface area contributed by atoms with Gasteiger partial charge < -0.3 is 30.2 Å². The van der Waals surface area contributed by atoms with Gasteiger partial charge in [0.15, 0.2) is 11.5 Å². The van der Waals surface area contributed by atoms with Crippen LogP contribution in [-0.4, -0.2) is 64.6 Å². The lowest BCUT2D eigenvalue weighted by Gasteiger charge is -2.23. The molecule has 0 bridgehead atoms. The number of primary amides is 1. The van der Waals surface area contributed by atoms with Gasteiger partial charge in [0.1, 0.15) is 37.4 Å². The fourth-order valence-electron chi connectivity index (χ4n) is 2.67. The van der Waals surface area contributed by atoms with E-state index in [1.165, 1.54) is 12.1 Å². The number of nitrogens with zero attached hydrogens (tertiary/aromatic N) is 1. The van der Waals surface area contributed by atoms with Gasteiger partial charge in [-0.25, -0.2) is 0 Å². The van der Waals surface area contributed by atoms with E-state index >= 15 is 0 Å². The highest BCUT2D eigenvalue weighted by molar-refractivity contribution is 14.1. The maximum absolute atomic E-state index is 11.3. The summed E-state index contributed by atoms with van der Waals surface area (Å²) in [5.41, 5.74) is 5.23. The van der Waals surface area contributed by atoms with Crippen molar-refractivity contribution in [2.24, 2.45) is 5.73 Å². The number of halogens is 1. The predicted molar refractivity (Wildman–Crippen MR) is 126 cm³/mol. The topological polar surface area (TPSA) is 114 Å². The van der Waals surface area contributed by atoms with E-state index in [-0.39, 0.29) is 17.9 Å². The fourth-order valence-corrected chi connectivity index (χ4v) is 3.29. The molecule has 2 aromatic rings. The number of hydrogen-bond acceptors (Lipinski definition) is 7. The monoisotopic (exact) mass is 542 g/mol. The molecule has 8 nitrogen and oxygen atoms in total. The average molecular weight is 542 g/mol. The first-order valence-corrected chi connectivity index (χ1v) is 11.1. The molecule has 0 aromatic heterocycles. The van der Waals surface area contributed by atoms with E-state index in [1.807, 2.05) is 17.0 Å². The molecule has 0 aliphatic rings. The number of aromatic hydroxyl groups is 1. The van der Waals surface area contributed by atoms with Crippen LogP contribution in [0.3, 0.4) is 0 Å². The summed E-state index contributed by atoms with van der Waals surface area (Å²) in [6.07, 6.45) is 0.941. The van der Waals surface area contributed by atoms with Gasteiger partial charge >= 0.3 is 0 Å². The zero-order valence-corrected chi connectivity index (χ0v) is 19.2. The largest absolute Gasteiger partial charge is 0.507 e. The zero-order chi connectivity index (χ0) is 22.6. The van der Waals surface area contributed by atoms with E-state index in [2.05, 4.69) is 29.2 Å². The predicted octanol–water partition coefficient (Wildman–Crippen LogP) is 2.57. The van der Waals surface area contributed by atoms with Gasteiger partial charge in [-0.3, -0.25) is 9.69 Å². The smallest absolute Gasteiger partial charge is 0.252 e. The number of ether oxygens (including phenoxy) is 3. The molecule has 0 radical (unpaired) electrons. The first kappa shape index (κ1) is 24.8. The second-order valence-corrected chi connectivity index (χ2v) is 7.28. The molecule has 0 aliphatic carbocycles. The molecule has 0 heterocycles. The quantitative estimate of drug-likeness (QED) is 0.146. The van der Waals surface area contributed by atoms with Crippen LogP contribution in [0.1, 0.15) is 10.4 Å². The van der Waals surface area contributed by atoms with Crippen LogP contribution < -0.4 is 19.9 Å². The van der Waals surface area contributed by atoms with Crippen LogP contribution in [0.5, 0.6) is 23.0 Å². The lowest BCUT2D eigenvalue weighted by atomic mass is 10.2. The summed E-state index contributed by atoms with van der Waals surface area (Å²) in [4.78, 5) is 13.3. The van der Waals surface area contributed by atoms with Crippen molar-refractivity contribution < 1.29 is 29.2 Å². The van der Waals surface area contributed by atoms with Crippen molar-refractivity contribution in [3.63, 3.8) is 0 Å². The van der Waals surface area contributed by atoms with Crippen LogP contribution in [0.4, 0.5) is 0 Å². The van der Waals surface area contributed by atoms with Crippen molar-refractivity contribution in [3.05, 3.63) is 60.7 Å². The molecule has 1 amide bonds. The molecule has 0 spiro atoms. The molecule has 0 aliphatic heterocycles. The second kappa shape index (κ2) is 13.0. The number of amides is 1. The lowest BCUT2D eigenvalue weighted by Crippen LogP contribution is -2.37. The third-order valence-corrected chi connectivity index (χ3v) is 5.15. The Kier molecular flexibility index (Phi) is 10.4. The maximum Gasteiger partial charge on any atom is 0.252 e. The number of carbonyl (C=O) groups is 1. The van der Waals surface area contributed by atoms with Gasteiger partial charge in [-0.1, -0.05) is 47.4 Å². The normalized spacial score (nSPS) is 11.7. The first-order chi connectivity index (χ1) is 14.9. The van der Waals surface area contributed by atoms with Crippen molar-refractivity contribution in [1.82, 2.24) is 4.90 Å². The number of benzene rings is 2. The van der Waals surface area contributed by atoms with E-state index in [0.717, 1.165) is 0 Å². The van der Waals surface area contributed by atoms with Gasteiger partial charge in [-0.05, 0) is 30.3 Å². The minimum atomic E-state index is -0.726. The molecule has 2 aromatic carbocycles. The summed E-state index contributed by atoms with van der Waals surface area (Å²) in [6.45, 7) is 5.38. The highest BCUT2D eigenvalue weighted by atomic mass is 127. The SMILES string of the molecule is C=CCOc1ccccc1OCC(O)CN(CI)CCOc1ccc(O)c(C(N)=O)c1. The number of nitrogens with two attached hydrogens (primary N) is 1. The Morgan fingerprint density at radius 3 is 2.55 bits per heavy atom. The summed E-state index contributed by atoms with van der Waals surface area (Å²) < 4.78 is 17.6. The summed E-state index contributed by atoms with van der Waals surface area (Å²) in [5.74, 6) is 0.674. The number of alkyl halides is 1. The molecule has 0 saturated carbocycles.